The SMILES string of the molecule is C[C@@H](c1nnc(-c2cccs2)o1)N1CCNC(=O)C1. The van der Waals surface area contributed by atoms with Gasteiger partial charge in [-0.3, -0.25) is 9.69 Å². The van der Waals surface area contributed by atoms with E-state index in [0.29, 0.717) is 24.9 Å². The lowest BCUT2D eigenvalue weighted by atomic mass is 10.2. The third-order valence-corrected chi connectivity index (χ3v) is 4.00. The fourth-order valence-corrected chi connectivity index (χ4v) is 2.69. The van der Waals surface area contributed by atoms with E-state index < -0.39 is 0 Å². The van der Waals surface area contributed by atoms with E-state index in [9.17, 15) is 4.79 Å². The molecule has 0 unspecified atom stereocenters. The molecule has 7 heteroatoms. The maximum Gasteiger partial charge on any atom is 0.257 e. The average Bonchev–Trinajstić information content (AvgIpc) is 3.08. The van der Waals surface area contributed by atoms with Gasteiger partial charge in [0.15, 0.2) is 0 Å². The van der Waals surface area contributed by atoms with Crippen molar-refractivity contribution in [1.29, 1.82) is 0 Å². The zero-order valence-electron chi connectivity index (χ0n) is 10.5. The second-order valence-electron chi connectivity index (χ2n) is 4.42. The zero-order chi connectivity index (χ0) is 13.2. The Morgan fingerprint density at radius 2 is 2.42 bits per heavy atom. The number of amides is 1. The van der Waals surface area contributed by atoms with Crippen LogP contribution in [-0.4, -0.2) is 40.6 Å². The topological polar surface area (TPSA) is 71.3 Å². The largest absolute Gasteiger partial charge is 0.418 e. The van der Waals surface area contributed by atoms with Crippen molar-refractivity contribution in [3.8, 4) is 10.8 Å². The van der Waals surface area contributed by atoms with Gasteiger partial charge in [0.05, 0.1) is 17.5 Å². The third-order valence-electron chi connectivity index (χ3n) is 3.15. The molecule has 1 N–H and O–H groups in total. The van der Waals surface area contributed by atoms with Gasteiger partial charge in [-0.1, -0.05) is 6.07 Å². The Morgan fingerprint density at radius 3 is 3.16 bits per heavy atom. The van der Waals surface area contributed by atoms with Gasteiger partial charge in [-0.15, -0.1) is 21.5 Å². The molecule has 0 spiro atoms. The Balaban J connectivity index is 1.77. The fourth-order valence-electron chi connectivity index (χ4n) is 2.05. The molecule has 1 aliphatic heterocycles. The van der Waals surface area contributed by atoms with Gasteiger partial charge < -0.3 is 9.73 Å². The minimum atomic E-state index is -0.0488. The van der Waals surface area contributed by atoms with E-state index in [1.165, 1.54) is 0 Å². The van der Waals surface area contributed by atoms with Crippen molar-refractivity contribution in [1.82, 2.24) is 20.4 Å². The van der Waals surface area contributed by atoms with Gasteiger partial charge in [0, 0.05) is 13.1 Å². The van der Waals surface area contributed by atoms with Crippen LogP contribution in [0.25, 0.3) is 10.8 Å². The number of nitrogens with one attached hydrogen (secondary N) is 1. The maximum absolute atomic E-state index is 11.4. The molecule has 0 radical (unpaired) electrons. The molecule has 1 fully saturated rings. The molecular formula is C12H14N4O2S. The highest BCUT2D eigenvalue weighted by molar-refractivity contribution is 7.13. The van der Waals surface area contributed by atoms with E-state index in [4.69, 9.17) is 4.42 Å². The van der Waals surface area contributed by atoms with E-state index in [1.54, 1.807) is 11.3 Å². The van der Waals surface area contributed by atoms with Crippen molar-refractivity contribution in [2.45, 2.75) is 13.0 Å². The van der Waals surface area contributed by atoms with Gasteiger partial charge in [-0.2, -0.15) is 0 Å². The van der Waals surface area contributed by atoms with Crippen LogP contribution in [0.4, 0.5) is 0 Å². The van der Waals surface area contributed by atoms with Crippen LogP contribution in [0.1, 0.15) is 18.9 Å². The summed E-state index contributed by atoms with van der Waals surface area (Å²) in [5, 5.41) is 12.9. The van der Waals surface area contributed by atoms with Crippen molar-refractivity contribution in [3.05, 3.63) is 23.4 Å². The van der Waals surface area contributed by atoms with Gasteiger partial charge in [-0.05, 0) is 18.4 Å². The van der Waals surface area contributed by atoms with Crippen LogP contribution in [-0.2, 0) is 4.79 Å². The lowest BCUT2D eigenvalue weighted by Gasteiger charge is -2.29. The second kappa shape index (κ2) is 5.10. The van der Waals surface area contributed by atoms with Crippen LogP contribution in [0.15, 0.2) is 21.9 Å². The van der Waals surface area contributed by atoms with E-state index >= 15 is 0 Å². The fraction of sp³-hybridized carbons (Fsp3) is 0.417. The molecule has 2 aromatic heterocycles. The van der Waals surface area contributed by atoms with Crippen LogP contribution in [0.2, 0.25) is 0 Å². The summed E-state index contributed by atoms with van der Waals surface area (Å²) in [5.74, 6) is 1.13. The number of carbonyl (C=O) groups excluding carboxylic acids is 1. The first kappa shape index (κ1) is 12.3. The molecule has 6 nitrogen and oxygen atoms in total. The van der Waals surface area contributed by atoms with Crippen molar-refractivity contribution in [3.63, 3.8) is 0 Å². The molecule has 2 aromatic rings. The Labute approximate surface area is 114 Å². The molecule has 0 bridgehead atoms. The molecule has 3 rings (SSSR count). The van der Waals surface area contributed by atoms with Crippen LogP contribution < -0.4 is 5.32 Å². The number of nitrogens with zero attached hydrogens (tertiary/aromatic N) is 3. The normalized spacial score (nSPS) is 18.3. The molecule has 1 amide bonds. The third kappa shape index (κ3) is 2.52. The Morgan fingerprint density at radius 1 is 1.53 bits per heavy atom. The summed E-state index contributed by atoms with van der Waals surface area (Å²) >= 11 is 1.56. The highest BCUT2D eigenvalue weighted by Crippen LogP contribution is 2.26. The van der Waals surface area contributed by atoms with Gasteiger partial charge in [0.1, 0.15) is 0 Å². The Kier molecular flexibility index (Phi) is 3.31. The number of hydrogen-bond acceptors (Lipinski definition) is 6. The van der Waals surface area contributed by atoms with Gasteiger partial charge in [0.2, 0.25) is 11.8 Å². The van der Waals surface area contributed by atoms with Gasteiger partial charge >= 0.3 is 0 Å². The van der Waals surface area contributed by atoms with E-state index in [-0.39, 0.29) is 11.9 Å². The van der Waals surface area contributed by atoms with Crippen molar-refractivity contribution >= 4 is 17.2 Å². The number of piperazine rings is 1. The molecule has 1 saturated heterocycles. The maximum atomic E-state index is 11.4. The average molecular weight is 278 g/mol. The molecule has 3 heterocycles. The summed E-state index contributed by atoms with van der Waals surface area (Å²) in [6, 6.07) is 3.84. The zero-order valence-corrected chi connectivity index (χ0v) is 11.3. The Hall–Kier alpha value is -1.73. The molecule has 100 valence electrons. The van der Waals surface area contributed by atoms with Gasteiger partial charge in [0.25, 0.3) is 5.89 Å². The van der Waals surface area contributed by atoms with E-state index in [2.05, 4.69) is 15.5 Å². The highest BCUT2D eigenvalue weighted by Gasteiger charge is 2.26. The first-order valence-electron chi connectivity index (χ1n) is 6.12. The summed E-state index contributed by atoms with van der Waals surface area (Å²) in [5.41, 5.74) is 0. The molecule has 0 aromatic carbocycles. The molecule has 19 heavy (non-hydrogen) atoms. The summed E-state index contributed by atoms with van der Waals surface area (Å²) < 4.78 is 5.69. The smallest absolute Gasteiger partial charge is 0.257 e. The lowest BCUT2D eigenvalue weighted by Crippen LogP contribution is -2.48. The number of aromatic nitrogens is 2. The van der Waals surface area contributed by atoms with Crippen LogP contribution in [0.5, 0.6) is 0 Å². The summed E-state index contributed by atoms with van der Waals surface area (Å²) in [6.45, 7) is 3.81. The lowest BCUT2D eigenvalue weighted by molar-refractivity contribution is -0.124. The van der Waals surface area contributed by atoms with E-state index in [1.807, 2.05) is 29.3 Å². The van der Waals surface area contributed by atoms with Crippen LogP contribution >= 0.6 is 11.3 Å². The standard InChI is InChI=1S/C12H14N4O2S/c1-8(16-5-4-13-10(17)7-16)11-14-15-12(18-11)9-3-2-6-19-9/h2-3,6,8H,4-5,7H2,1H3,(H,13,17)/t8-/m0/s1. The minimum absolute atomic E-state index is 0.0381. The minimum Gasteiger partial charge on any atom is -0.418 e. The molecule has 0 saturated carbocycles. The summed E-state index contributed by atoms with van der Waals surface area (Å²) in [7, 11) is 0. The number of rotatable bonds is 3. The molecular weight excluding hydrogens is 264 g/mol. The van der Waals surface area contributed by atoms with Crippen molar-refractivity contribution in [2.75, 3.05) is 19.6 Å². The highest BCUT2D eigenvalue weighted by atomic mass is 32.1. The first-order valence-corrected chi connectivity index (χ1v) is 7.00. The monoisotopic (exact) mass is 278 g/mol. The van der Waals surface area contributed by atoms with Crippen LogP contribution in [0.3, 0.4) is 0 Å². The van der Waals surface area contributed by atoms with Gasteiger partial charge in [-0.25, -0.2) is 0 Å². The van der Waals surface area contributed by atoms with E-state index in [0.717, 1.165) is 11.4 Å². The van der Waals surface area contributed by atoms with Crippen molar-refractivity contribution < 1.29 is 9.21 Å². The molecule has 1 atom stereocenters. The summed E-state index contributed by atoms with van der Waals surface area (Å²) in [4.78, 5) is 14.4. The summed E-state index contributed by atoms with van der Waals surface area (Å²) in [6.07, 6.45) is 0. The molecule has 0 aliphatic carbocycles. The quantitative estimate of drug-likeness (QED) is 0.916. The van der Waals surface area contributed by atoms with Crippen LogP contribution in [0, 0.1) is 0 Å². The first-order chi connectivity index (χ1) is 9.24. The predicted octanol–water partition coefficient (Wildman–Crippen LogP) is 1.29. The Bertz CT molecular complexity index is 566. The number of carbonyl (C=O) groups is 1. The number of hydrogen-bond donors (Lipinski definition) is 1. The number of thiophene rings is 1. The predicted molar refractivity (Wildman–Crippen MR) is 70.6 cm³/mol. The second-order valence-corrected chi connectivity index (χ2v) is 5.37. The molecule has 1 aliphatic rings. The van der Waals surface area contributed by atoms with Crippen molar-refractivity contribution in [2.24, 2.45) is 0 Å².